The molecule has 0 bridgehead atoms. The Balaban J connectivity index is 3.04. The van der Waals surface area contributed by atoms with Gasteiger partial charge in [-0.2, -0.15) is 0 Å². The first-order chi connectivity index (χ1) is 9.12. The van der Waals surface area contributed by atoms with Gasteiger partial charge < -0.3 is 5.11 Å². The zero-order valence-electron chi connectivity index (χ0n) is 9.90. The van der Waals surface area contributed by atoms with Crippen LogP contribution >= 0.6 is 0 Å². The van der Waals surface area contributed by atoms with Crippen molar-refractivity contribution in [2.45, 2.75) is 0 Å². The Labute approximate surface area is 111 Å². The van der Waals surface area contributed by atoms with E-state index in [0.29, 0.717) is 27.5 Å². The Morgan fingerprint density at radius 2 is 1.74 bits per heavy atom. The van der Waals surface area contributed by atoms with Gasteiger partial charge in [0.05, 0.1) is 5.56 Å². The van der Waals surface area contributed by atoms with Crippen molar-refractivity contribution in [1.29, 1.82) is 0 Å². The number of terminal acetylenes is 3. The van der Waals surface area contributed by atoms with E-state index in [1.165, 1.54) is 6.07 Å². The normalized spacial score (nSPS) is 9.32. The molecule has 0 aromatic heterocycles. The molecule has 0 amide bonds. The predicted octanol–water partition coefficient (Wildman–Crippen LogP) is 2.48. The molecule has 1 N–H and O–H groups in total. The highest BCUT2D eigenvalue weighted by Crippen LogP contribution is 2.26. The van der Waals surface area contributed by atoms with Crippen LogP contribution in [0.1, 0.15) is 27.0 Å². The van der Waals surface area contributed by atoms with Gasteiger partial charge in [0.25, 0.3) is 0 Å². The van der Waals surface area contributed by atoms with Crippen molar-refractivity contribution < 1.29 is 9.90 Å². The quantitative estimate of drug-likeness (QED) is 0.782. The van der Waals surface area contributed by atoms with E-state index in [1.807, 2.05) is 0 Å². The van der Waals surface area contributed by atoms with E-state index in [0.717, 1.165) is 0 Å². The molecule has 2 heteroatoms. The Hall–Kier alpha value is -3.15. The molecule has 0 aliphatic rings. The van der Waals surface area contributed by atoms with Gasteiger partial charge in [0.15, 0.2) is 0 Å². The lowest BCUT2D eigenvalue weighted by atomic mass is 9.94. The molecule has 19 heavy (non-hydrogen) atoms. The maximum Gasteiger partial charge on any atom is 0.336 e. The molecule has 0 unspecified atom stereocenters. The molecule has 2 aromatic rings. The number of benzene rings is 2. The second-order valence-electron chi connectivity index (χ2n) is 3.85. The average molecular weight is 244 g/mol. The number of fused-ring (bicyclic) bond motifs is 1. The third-order valence-corrected chi connectivity index (χ3v) is 2.83. The number of rotatable bonds is 1. The lowest BCUT2D eigenvalue weighted by Crippen LogP contribution is -2.00. The summed E-state index contributed by atoms with van der Waals surface area (Å²) in [6.45, 7) is 0. The van der Waals surface area contributed by atoms with Crippen LogP contribution in [-0.4, -0.2) is 11.1 Å². The van der Waals surface area contributed by atoms with E-state index < -0.39 is 5.97 Å². The highest BCUT2D eigenvalue weighted by molar-refractivity contribution is 6.06. The summed E-state index contributed by atoms with van der Waals surface area (Å²) in [6, 6.07) is 6.41. The number of carbonyl (C=O) groups is 1. The van der Waals surface area contributed by atoms with Crippen molar-refractivity contribution >= 4 is 16.7 Å². The minimum Gasteiger partial charge on any atom is -0.478 e. The summed E-state index contributed by atoms with van der Waals surface area (Å²) < 4.78 is 0. The molecule has 2 aromatic carbocycles. The largest absolute Gasteiger partial charge is 0.478 e. The van der Waals surface area contributed by atoms with E-state index in [9.17, 15) is 9.90 Å². The molecular weight excluding hydrogens is 236 g/mol. The van der Waals surface area contributed by atoms with Gasteiger partial charge in [-0.3, -0.25) is 0 Å². The Morgan fingerprint density at radius 1 is 1.00 bits per heavy atom. The number of hydrogen-bond acceptors (Lipinski definition) is 1. The van der Waals surface area contributed by atoms with Crippen LogP contribution in [0.25, 0.3) is 10.8 Å². The van der Waals surface area contributed by atoms with Crippen LogP contribution in [0.3, 0.4) is 0 Å². The summed E-state index contributed by atoms with van der Waals surface area (Å²) in [5.41, 5.74) is 1.60. The van der Waals surface area contributed by atoms with Gasteiger partial charge in [-0.25, -0.2) is 4.79 Å². The Kier molecular flexibility index (Phi) is 2.99. The molecule has 88 valence electrons. The van der Waals surface area contributed by atoms with Gasteiger partial charge in [-0.05, 0) is 23.6 Å². The molecule has 0 aliphatic carbocycles. The van der Waals surface area contributed by atoms with Crippen LogP contribution < -0.4 is 0 Å². The maximum absolute atomic E-state index is 11.3. The zero-order valence-corrected chi connectivity index (χ0v) is 9.90. The fraction of sp³-hybridized carbons (Fsp3) is 0. The number of aromatic carboxylic acids is 1. The summed E-state index contributed by atoms with van der Waals surface area (Å²) in [6.07, 6.45) is 16.2. The first-order valence-corrected chi connectivity index (χ1v) is 5.36. The molecule has 0 fully saturated rings. The van der Waals surface area contributed by atoms with Crippen molar-refractivity contribution in [3.63, 3.8) is 0 Å². The molecule has 0 radical (unpaired) electrons. The molecule has 2 nitrogen and oxygen atoms in total. The minimum atomic E-state index is -1.06. The van der Waals surface area contributed by atoms with Crippen molar-refractivity contribution in [2.24, 2.45) is 0 Å². The van der Waals surface area contributed by atoms with Crippen LogP contribution in [-0.2, 0) is 0 Å². The number of carboxylic acids is 1. The van der Waals surface area contributed by atoms with Gasteiger partial charge in [0.2, 0.25) is 0 Å². The fourth-order valence-electron chi connectivity index (χ4n) is 1.97. The van der Waals surface area contributed by atoms with Crippen LogP contribution in [0, 0.1) is 37.0 Å². The van der Waals surface area contributed by atoms with Crippen molar-refractivity contribution in [3.05, 3.63) is 46.5 Å². The third-order valence-electron chi connectivity index (χ3n) is 2.83. The van der Waals surface area contributed by atoms with E-state index >= 15 is 0 Å². The second-order valence-corrected chi connectivity index (χ2v) is 3.85. The molecule has 0 atom stereocenters. The molecule has 0 saturated heterocycles. The van der Waals surface area contributed by atoms with Crippen LogP contribution in [0.5, 0.6) is 0 Å². The molecular formula is C17H8O2. The minimum absolute atomic E-state index is 0.116. The summed E-state index contributed by atoms with van der Waals surface area (Å²) in [7, 11) is 0. The van der Waals surface area contributed by atoms with Crippen LogP contribution in [0.15, 0.2) is 24.3 Å². The second kappa shape index (κ2) is 4.61. The first kappa shape index (κ1) is 12.3. The molecule has 0 heterocycles. The summed E-state index contributed by atoms with van der Waals surface area (Å²) in [5, 5.41) is 10.3. The van der Waals surface area contributed by atoms with Gasteiger partial charge in [-0.1, -0.05) is 23.8 Å². The maximum atomic E-state index is 11.3. The Bertz CT molecular complexity index is 821. The smallest absolute Gasteiger partial charge is 0.336 e. The highest BCUT2D eigenvalue weighted by atomic mass is 16.4. The van der Waals surface area contributed by atoms with Crippen molar-refractivity contribution in [1.82, 2.24) is 0 Å². The van der Waals surface area contributed by atoms with Gasteiger partial charge in [0.1, 0.15) is 0 Å². The number of carboxylic acid groups (broad SMARTS) is 1. The van der Waals surface area contributed by atoms with Crippen LogP contribution in [0.4, 0.5) is 0 Å². The molecule has 2 rings (SSSR count). The summed E-state index contributed by atoms with van der Waals surface area (Å²) in [4.78, 5) is 11.3. The van der Waals surface area contributed by atoms with E-state index in [-0.39, 0.29) is 5.56 Å². The van der Waals surface area contributed by atoms with Crippen LogP contribution in [0.2, 0.25) is 0 Å². The first-order valence-electron chi connectivity index (χ1n) is 5.36. The van der Waals surface area contributed by atoms with E-state index in [1.54, 1.807) is 18.2 Å². The summed E-state index contributed by atoms with van der Waals surface area (Å²) in [5.74, 6) is 6.35. The Morgan fingerprint density at radius 3 is 2.26 bits per heavy atom. The van der Waals surface area contributed by atoms with Gasteiger partial charge in [-0.15, -0.1) is 19.3 Å². The van der Waals surface area contributed by atoms with Crippen molar-refractivity contribution in [3.8, 4) is 37.0 Å². The van der Waals surface area contributed by atoms with E-state index in [2.05, 4.69) is 17.8 Å². The molecule has 0 saturated carbocycles. The van der Waals surface area contributed by atoms with Gasteiger partial charge in [0, 0.05) is 22.1 Å². The third kappa shape index (κ3) is 1.91. The van der Waals surface area contributed by atoms with E-state index in [4.69, 9.17) is 19.3 Å². The fourth-order valence-corrected chi connectivity index (χ4v) is 1.97. The standard InChI is InChI=1S/C17H8O2/c1-4-11-9-15-13(6-3)12(5-2)7-8-14(15)16(10-11)17(18)19/h1-3,7-10H,(H,18,19). The predicted molar refractivity (Wildman–Crippen MR) is 74.7 cm³/mol. The monoisotopic (exact) mass is 244 g/mol. The number of hydrogen-bond donors (Lipinski definition) is 1. The summed E-state index contributed by atoms with van der Waals surface area (Å²) >= 11 is 0. The topological polar surface area (TPSA) is 37.3 Å². The highest BCUT2D eigenvalue weighted by Gasteiger charge is 2.13. The average Bonchev–Trinajstić information content (AvgIpc) is 2.44. The van der Waals surface area contributed by atoms with Gasteiger partial charge >= 0.3 is 5.97 Å². The lowest BCUT2D eigenvalue weighted by molar-refractivity contribution is 0.0699. The molecule has 0 spiro atoms. The van der Waals surface area contributed by atoms with Crippen molar-refractivity contribution in [2.75, 3.05) is 0 Å². The zero-order chi connectivity index (χ0) is 14.0. The molecule has 0 aliphatic heterocycles. The lowest BCUT2D eigenvalue weighted by Gasteiger charge is -2.08. The SMILES string of the molecule is C#Cc1cc(C(=O)O)c2ccc(C#C)c(C#C)c2c1.